The maximum atomic E-state index is 12.1. The highest BCUT2D eigenvalue weighted by molar-refractivity contribution is 7.09. The van der Waals surface area contributed by atoms with Crippen LogP contribution in [0.5, 0.6) is 0 Å². The second-order valence-corrected chi connectivity index (χ2v) is 5.76. The number of amides is 1. The number of hydrogen-bond donors (Lipinski definition) is 1. The minimum absolute atomic E-state index is 0.138. The lowest BCUT2D eigenvalue weighted by Crippen LogP contribution is -2.49. The Hall–Kier alpha value is -0.980. The predicted octanol–water partition coefficient (Wildman–Crippen LogP) is 1.22. The highest BCUT2D eigenvalue weighted by Crippen LogP contribution is 2.25. The van der Waals surface area contributed by atoms with Gasteiger partial charge in [0.05, 0.1) is 25.3 Å². The van der Waals surface area contributed by atoms with Crippen LogP contribution in [0.2, 0.25) is 0 Å². The number of carbonyl (C=O) groups is 1. The van der Waals surface area contributed by atoms with Gasteiger partial charge >= 0.3 is 0 Å². The number of nitrogens with zero attached hydrogens (tertiary/aromatic N) is 2. The topological polar surface area (TPSA) is 54.5 Å². The summed E-state index contributed by atoms with van der Waals surface area (Å²) < 4.78 is 5.25. The third-order valence-electron chi connectivity index (χ3n) is 3.61. The van der Waals surface area contributed by atoms with Crippen LogP contribution in [0.25, 0.3) is 0 Å². The monoisotopic (exact) mass is 283 g/mol. The first kappa shape index (κ1) is 14.4. The van der Waals surface area contributed by atoms with E-state index < -0.39 is 0 Å². The molecule has 1 N–H and O–H groups in total. The van der Waals surface area contributed by atoms with Crippen molar-refractivity contribution >= 4 is 17.2 Å². The number of carbonyl (C=O) groups excluding carboxylic acids is 1. The minimum atomic E-state index is -0.226. The third-order valence-corrected chi connectivity index (χ3v) is 4.64. The number of ether oxygens (including phenoxy) is 1. The maximum absolute atomic E-state index is 12.1. The van der Waals surface area contributed by atoms with Gasteiger partial charge in [0.15, 0.2) is 0 Å². The standard InChI is InChI=1S/C13H21N3O2S/c1-3-13(2,12-14-4-9-19-12)15-10-11(17)16-5-7-18-8-6-16/h4,9,15H,3,5-8,10H2,1-2H3. The number of morpholine rings is 1. The predicted molar refractivity (Wildman–Crippen MR) is 75.2 cm³/mol. The van der Waals surface area contributed by atoms with E-state index in [1.807, 2.05) is 10.3 Å². The summed E-state index contributed by atoms with van der Waals surface area (Å²) in [6.07, 6.45) is 2.70. The van der Waals surface area contributed by atoms with Crippen LogP contribution in [0.1, 0.15) is 25.3 Å². The van der Waals surface area contributed by atoms with E-state index in [2.05, 4.69) is 24.1 Å². The first-order chi connectivity index (χ1) is 9.15. The summed E-state index contributed by atoms with van der Waals surface area (Å²) in [6.45, 7) is 7.23. The molecule has 2 heterocycles. The normalized spacial score (nSPS) is 19.2. The molecule has 1 aliphatic rings. The van der Waals surface area contributed by atoms with Crippen molar-refractivity contribution in [2.24, 2.45) is 0 Å². The fourth-order valence-corrected chi connectivity index (χ4v) is 2.89. The molecule has 19 heavy (non-hydrogen) atoms. The summed E-state index contributed by atoms with van der Waals surface area (Å²) >= 11 is 1.62. The zero-order valence-corrected chi connectivity index (χ0v) is 12.3. The van der Waals surface area contributed by atoms with E-state index in [1.54, 1.807) is 17.5 Å². The van der Waals surface area contributed by atoms with Crippen LogP contribution in [0.15, 0.2) is 11.6 Å². The first-order valence-corrected chi connectivity index (χ1v) is 7.54. The van der Waals surface area contributed by atoms with Gasteiger partial charge in [0.2, 0.25) is 5.91 Å². The molecule has 1 atom stereocenters. The van der Waals surface area contributed by atoms with Crippen LogP contribution < -0.4 is 5.32 Å². The molecule has 1 unspecified atom stereocenters. The van der Waals surface area contributed by atoms with Gasteiger partial charge in [-0.1, -0.05) is 6.92 Å². The van der Waals surface area contributed by atoms with Gasteiger partial charge in [0.1, 0.15) is 5.01 Å². The lowest BCUT2D eigenvalue weighted by molar-refractivity contribution is -0.134. The number of hydrogen-bond acceptors (Lipinski definition) is 5. The lowest BCUT2D eigenvalue weighted by atomic mass is 10.00. The van der Waals surface area contributed by atoms with E-state index in [4.69, 9.17) is 4.74 Å². The van der Waals surface area contributed by atoms with Crippen molar-refractivity contribution in [2.75, 3.05) is 32.8 Å². The van der Waals surface area contributed by atoms with E-state index in [9.17, 15) is 4.79 Å². The molecule has 0 spiro atoms. The smallest absolute Gasteiger partial charge is 0.236 e. The number of nitrogens with one attached hydrogen (secondary N) is 1. The van der Waals surface area contributed by atoms with Gasteiger partial charge in [-0.3, -0.25) is 10.1 Å². The Labute approximate surface area is 118 Å². The molecule has 2 rings (SSSR count). The average Bonchev–Trinajstić information content (AvgIpc) is 3.00. The molecular weight excluding hydrogens is 262 g/mol. The second-order valence-electron chi connectivity index (χ2n) is 4.87. The molecule has 1 aromatic heterocycles. The third kappa shape index (κ3) is 3.52. The molecule has 1 aromatic rings. The van der Waals surface area contributed by atoms with E-state index in [-0.39, 0.29) is 11.4 Å². The molecule has 6 heteroatoms. The van der Waals surface area contributed by atoms with Gasteiger partial charge in [-0.2, -0.15) is 0 Å². The Kier molecular flexibility index (Phi) is 4.90. The number of aromatic nitrogens is 1. The minimum Gasteiger partial charge on any atom is -0.378 e. The molecule has 0 radical (unpaired) electrons. The average molecular weight is 283 g/mol. The molecule has 1 fully saturated rings. The zero-order chi connectivity index (χ0) is 13.7. The Bertz CT molecular complexity index is 404. The molecule has 1 saturated heterocycles. The molecule has 106 valence electrons. The van der Waals surface area contributed by atoms with Crippen LogP contribution in [0.4, 0.5) is 0 Å². The second kappa shape index (κ2) is 6.45. The van der Waals surface area contributed by atoms with Crippen molar-refractivity contribution in [3.05, 3.63) is 16.6 Å². The summed E-state index contributed by atoms with van der Waals surface area (Å²) in [5.41, 5.74) is -0.226. The molecule has 0 bridgehead atoms. The fourth-order valence-electron chi connectivity index (χ4n) is 2.04. The van der Waals surface area contributed by atoms with Gasteiger partial charge in [-0.05, 0) is 13.3 Å². The van der Waals surface area contributed by atoms with E-state index in [0.29, 0.717) is 32.8 Å². The van der Waals surface area contributed by atoms with Gasteiger partial charge < -0.3 is 9.64 Å². The molecular formula is C13H21N3O2S. The van der Waals surface area contributed by atoms with E-state index in [1.165, 1.54) is 0 Å². The molecule has 5 nitrogen and oxygen atoms in total. The Balaban J connectivity index is 1.90. The largest absolute Gasteiger partial charge is 0.378 e. The lowest BCUT2D eigenvalue weighted by Gasteiger charge is -2.31. The number of rotatable bonds is 5. The van der Waals surface area contributed by atoms with Crippen molar-refractivity contribution in [1.29, 1.82) is 0 Å². The van der Waals surface area contributed by atoms with E-state index in [0.717, 1.165) is 11.4 Å². The summed E-state index contributed by atoms with van der Waals surface area (Å²) in [5, 5.41) is 6.36. The molecule has 0 saturated carbocycles. The highest BCUT2D eigenvalue weighted by atomic mass is 32.1. The molecule has 1 amide bonds. The van der Waals surface area contributed by atoms with Crippen molar-refractivity contribution < 1.29 is 9.53 Å². The van der Waals surface area contributed by atoms with Gasteiger partial charge in [0, 0.05) is 24.7 Å². The Morgan fingerprint density at radius 3 is 2.89 bits per heavy atom. The Morgan fingerprint density at radius 2 is 2.32 bits per heavy atom. The van der Waals surface area contributed by atoms with E-state index >= 15 is 0 Å². The zero-order valence-electron chi connectivity index (χ0n) is 11.5. The van der Waals surface area contributed by atoms with Crippen molar-refractivity contribution in [3.63, 3.8) is 0 Å². The van der Waals surface area contributed by atoms with Crippen LogP contribution in [-0.2, 0) is 15.1 Å². The molecule has 0 aromatic carbocycles. The number of thiazole rings is 1. The molecule has 0 aliphatic carbocycles. The SMILES string of the molecule is CCC(C)(NCC(=O)N1CCOCC1)c1nccs1. The summed E-state index contributed by atoms with van der Waals surface area (Å²) in [5.74, 6) is 0.138. The summed E-state index contributed by atoms with van der Waals surface area (Å²) in [7, 11) is 0. The van der Waals surface area contributed by atoms with Crippen molar-refractivity contribution in [3.8, 4) is 0 Å². The Morgan fingerprint density at radius 1 is 1.58 bits per heavy atom. The van der Waals surface area contributed by atoms with Crippen LogP contribution in [0, 0.1) is 0 Å². The van der Waals surface area contributed by atoms with Crippen molar-refractivity contribution in [2.45, 2.75) is 25.8 Å². The fraction of sp³-hybridized carbons (Fsp3) is 0.692. The highest BCUT2D eigenvalue weighted by Gasteiger charge is 2.28. The van der Waals surface area contributed by atoms with Gasteiger partial charge in [-0.25, -0.2) is 4.98 Å². The quantitative estimate of drug-likeness (QED) is 0.883. The van der Waals surface area contributed by atoms with Crippen LogP contribution in [0.3, 0.4) is 0 Å². The molecule has 1 aliphatic heterocycles. The van der Waals surface area contributed by atoms with Crippen molar-refractivity contribution in [1.82, 2.24) is 15.2 Å². The van der Waals surface area contributed by atoms with Gasteiger partial charge in [0.25, 0.3) is 0 Å². The first-order valence-electron chi connectivity index (χ1n) is 6.66. The summed E-state index contributed by atoms with van der Waals surface area (Å²) in [4.78, 5) is 18.3. The van der Waals surface area contributed by atoms with Crippen LogP contribution >= 0.6 is 11.3 Å². The van der Waals surface area contributed by atoms with Gasteiger partial charge in [-0.15, -0.1) is 11.3 Å². The maximum Gasteiger partial charge on any atom is 0.236 e. The van der Waals surface area contributed by atoms with Crippen LogP contribution in [-0.4, -0.2) is 48.6 Å². The summed E-state index contributed by atoms with van der Waals surface area (Å²) in [6, 6.07) is 0.